The Bertz CT molecular complexity index is 616. The van der Waals surface area contributed by atoms with E-state index in [2.05, 4.69) is 15.5 Å². The van der Waals surface area contributed by atoms with Crippen LogP contribution in [0.3, 0.4) is 0 Å². The fourth-order valence-electron chi connectivity index (χ4n) is 2.02. The number of hydrogen-bond acceptors (Lipinski definition) is 3. The number of aromatic nitrogens is 2. The van der Waals surface area contributed by atoms with Crippen molar-refractivity contribution in [1.29, 1.82) is 0 Å². The molecule has 2 N–H and O–H groups in total. The molecule has 6 nitrogen and oxygen atoms in total. The fourth-order valence-corrected chi connectivity index (χ4v) is 2.02. The molecule has 0 saturated heterocycles. The zero-order valence-electron chi connectivity index (χ0n) is 11.6. The maximum atomic E-state index is 12.0. The number of nitrogens with zero attached hydrogens (tertiary/aromatic N) is 2. The predicted molar refractivity (Wildman–Crippen MR) is 76.4 cm³/mol. The molecule has 0 radical (unpaired) electrons. The minimum Gasteiger partial charge on any atom is -0.343 e. The van der Waals surface area contributed by atoms with E-state index in [1.54, 1.807) is 23.2 Å². The van der Waals surface area contributed by atoms with Crippen LogP contribution in [0.4, 0.5) is 0 Å². The molecule has 0 aliphatic carbocycles. The van der Waals surface area contributed by atoms with Crippen molar-refractivity contribution in [3.63, 3.8) is 0 Å². The molecule has 2 rings (SSSR count). The van der Waals surface area contributed by atoms with E-state index in [4.69, 9.17) is 0 Å². The molecule has 0 fully saturated rings. The maximum Gasteiger partial charge on any atom is 0.251 e. The summed E-state index contributed by atoms with van der Waals surface area (Å²) in [5, 5.41) is 10.3. The average Bonchev–Trinajstić information content (AvgIpc) is 2.93. The second-order valence-corrected chi connectivity index (χ2v) is 4.42. The van der Waals surface area contributed by atoms with Gasteiger partial charge in [-0.3, -0.25) is 14.7 Å². The molecular formula is C14H18N4O2. The zero-order valence-corrected chi connectivity index (χ0v) is 11.6. The summed E-state index contributed by atoms with van der Waals surface area (Å²) in [7, 11) is 0. The summed E-state index contributed by atoms with van der Waals surface area (Å²) in [4.78, 5) is 25.5. The lowest BCUT2D eigenvalue weighted by atomic mass is 10.1. The minimum atomic E-state index is -0.262. The number of aromatic amines is 1. The van der Waals surface area contributed by atoms with Crippen molar-refractivity contribution < 1.29 is 9.59 Å². The van der Waals surface area contributed by atoms with Crippen LogP contribution in [0.15, 0.2) is 24.4 Å². The van der Waals surface area contributed by atoms with Crippen LogP contribution in [0.1, 0.15) is 24.2 Å². The lowest BCUT2D eigenvalue weighted by molar-refractivity contribution is -0.129. The second-order valence-electron chi connectivity index (χ2n) is 4.42. The van der Waals surface area contributed by atoms with Crippen molar-refractivity contribution >= 4 is 22.7 Å². The molecule has 0 aliphatic rings. The second kappa shape index (κ2) is 6.18. The Labute approximate surface area is 117 Å². The van der Waals surface area contributed by atoms with Gasteiger partial charge in [0.2, 0.25) is 5.91 Å². The summed E-state index contributed by atoms with van der Waals surface area (Å²) < 4.78 is 0. The Balaban J connectivity index is 1.99. The molecule has 0 unspecified atom stereocenters. The highest BCUT2D eigenvalue weighted by atomic mass is 16.2. The smallest absolute Gasteiger partial charge is 0.251 e. The van der Waals surface area contributed by atoms with E-state index in [1.165, 1.54) is 0 Å². The number of rotatable bonds is 5. The Morgan fingerprint density at radius 3 is 2.75 bits per heavy atom. The highest BCUT2D eigenvalue weighted by Crippen LogP contribution is 2.12. The largest absolute Gasteiger partial charge is 0.343 e. The monoisotopic (exact) mass is 274 g/mol. The number of fused-ring (bicyclic) bond motifs is 1. The van der Waals surface area contributed by atoms with Crippen molar-refractivity contribution in [2.45, 2.75) is 13.8 Å². The topological polar surface area (TPSA) is 78.1 Å². The molecule has 2 aromatic rings. The summed E-state index contributed by atoms with van der Waals surface area (Å²) in [5.74, 6) is -0.340. The van der Waals surface area contributed by atoms with Gasteiger partial charge < -0.3 is 10.2 Å². The first kappa shape index (κ1) is 14.0. The summed E-state index contributed by atoms with van der Waals surface area (Å²) in [6, 6.07) is 5.26. The van der Waals surface area contributed by atoms with Crippen LogP contribution in [0.2, 0.25) is 0 Å². The third-order valence-electron chi connectivity index (χ3n) is 3.22. The SMILES string of the molecule is CCN(CC)C(=O)CNC(=O)c1ccc2cn[nH]c2c1. The molecule has 0 atom stereocenters. The van der Waals surface area contributed by atoms with Crippen LogP contribution in [0.5, 0.6) is 0 Å². The highest BCUT2D eigenvalue weighted by Gasteiger charge is 2.12. The molecule has 0 spiro atoms. The lowest BCUT2D eigenvalue weighted by Crippen LogP contribution is -2.39. The predicted octanol–water partition coefficient (Wildman–Crippen LogP) is 1.16. The molecule has 106 valence electrons. The molecular weight excluding hydrogens is 256 g/mol. The highest BCUT2D eigenvalue weighted by molar-refractivity contribution is 5.99. The molecule has 0 aliphatic heterocycles. The molecule has 1 aromatic heterocycles. The third kappa shape index (κ3) is 2.96. The molecule has 1 aromatic carbocycles. The van der Waals surface area contributed by atoms with E-state index in [9.17, 15) is 9.59 Å². The van der Waals surface area contributed by atoms with Crippen molar-refractivity contribution in [3.05, 3.63) is 30.0 Å². The Morgan fingerprint density at radius 2 is 2.05 bits per heavy atom. The standard InChI is InChI=1S/C14H18N4O2/c1-3-18(4-2)13(19)9-15-14(20)10-5-6-11-8-16-17-12(11)7-10/h5-8H,3-4,9H2,1-2H3,(H,15,20)(H,16,17). The van der Waals surface area contributed by atoms with Gasteiger partial charge in [0.15, 0.2) is 0 Å². The van der Waals surface area contributed by atoms with E-state index < -0.39 is 0 Å². The normalized spacial score (nSPS) is 10.5. The zero-order chi connectivity index (χ0) is 14.5. The van der Waals surface area contributed by atoms with Gasteiger partial charge in [-0.15, -0.1) is 0 Å². The lowest BCUT2D eigenvalue weighted by Gasteiger charge is -2.18. The van der Waals surface area contributed by atoms with Gasteiger partial charge in [-0.25, -0.2) is 0 Å². The first-order valence-electron chi connectivity index (χ1n) is 6.64. The minimum absolute atomic E-state index is 0.0154. The van der Waals surface area contributed by atoms with Gasteiger partial charge in [0.25, 0.3) is 5.91 Å². The van der Waals surface area contributed by atoms with Gasteiger partial charge in [0, 0.05) is 24.0 Å². The number of carbonyl (C=O) groups is 2. The number of benzene rings is 1. The Morgan fingerprint density at radius 1 is 1.30 bits per heavy atom. The number of amides is 2. The first-order chi connectivity index (χ1) is 9.65. The number of carbonyl (C=O) groups excluding carboxylic acids is 2. The van der Waals surface area contributed by atoms with Gasteiger partial charge in [-0.05, 0) is 26.0 Å². The number of nitrogens with one attached hydrogen (secondary N) is 2. The van der Waals surface area contributed by atoms with Crippen molar-refractivity contribution in [2.24, 2.45) is 0 Å². The summed E-state index contributed by atoms with van der Waals surface area (Å²) in [6.45, 7) is 5.13. The van der Waals surface area contributed by atoms with Crippen LogP contribution < -0.4 is 5.32 Å². The van der Waals surface area contributed by atoms with Gasteiger partial charge in [-0.1, -0.05) is 6.07 Å². The maximum absolute atomic E-state index is 12.0. The fraction of sp³-hybridized carbons (Fsp3) is 0.357. The quantitative estimate of drug-likeness (QED) is 0.859. The number of H-pyrrole nitrogens is 1. The summed E-state index contributed by atoms with van der Waals surface area (Å²) in [6.07, 6.45) is 1.70. The third-order valence-corrected chi connectivity index (χ3v) is 3.22. The van der Waals surface area contributed by atoms with Gasteiger partial charge in [0.1, 0.15) is 0 Å². The van der Waals surface area contributed by atoms with Gasteiger partial charge in [0.05, 0.1) is 18.3 Å². The van der Waals surface area contributed by atoms with Crippen LogP contribution in [-0.4, -0.2) is 46.5 Å². The summed E-state index contributed by atoms with van der Waals surface area (Å²) >= 11 is 0. The Kier molecular flexibility index (Phi) is 4.34. The first-order valence-corrected chi connectivity index (χ1v) is 6.64. The van der Waals surface area contributed by atoms with Crippen molar-refractivity contribution in [1.82, 2.24) is 20.4 Å². The number of likely N-dealkylation sites (N-methyl/N-ethyl adjacent to an activating group) is 1. The molecule has 6 heteroatoms. The van der Waals surface area contributed by atoms with E-state index in [-0.39, 0.29) is 18.4 Å². The van der Waals surface area contributed by atoms with Crippen LogP contribution in [0.25, 0.3) is 10.9 Å². The van der Waals surface area contributed by atoms with Gasteiger partial charge in [-0.2, -0.15) is 5.10 Å². The van der Waals surface area contributed by atoms with Crippen LogP contribution in [-0.2, 0) is 4.79 Å². The molecule has 2 amide bonds. The van der Waals surface area contributed by atoms with E-state index >= 15 is 0 Å². The number of hydrogen-bond donors (Lipinski definition) is 2. The van der Waals surface area contributed by atoms with E-state index in [0.717, 1.165) is 10.9 Å². The van der Waals surface area contributed by atoms with E-state index in [1.807, 2.05) is 19.9 Å². The van der Waals surface area contributed by atoms with Crippen molar-refractivity contribution in [2.75, 3.05) is 19.6 Å². The molecule has 1 heterocycles. The Hall–Kier alpha value is -2.37. The van der Waals surface area contributed by atoms with Crippen LogP contribution >= 0.6 is 0 Å². The van der Waals surface area contributed by atoms with Gasteiger partial charge >= 0.3 is 0 Å². The average molecular weight is 274 g/mol. The molecule has 20 heavy (non-hydrogen) atoms. The van der Waals surface area contributed by atoms with Crippen molar-refractivity contribution in [3.8, 4) is 0 Å². The summed E-state index contributed by atoms with van der Waals surface area (Å²) in [5.41, 5.74) is 1.31. The molecule has 0 saturated carbocycles. The van der Waals surface area contributed by atoms with Crippen LogP contribution in [0, 0.1) is 0 Å². The van der Waals surface area contributed by atoms with E-state index in [0.29, 0.717) is 18.7 Å². The molecule has 0 bridgehead atoms.